The number of ether oxygens (including phenoxy) is 3. The van der Waals surface area contributed by atoms with E-state index in [0.717, 1.165) is 0 Å². The van der Waals surface area contributed by atoms with Crippen LogP contribution in [-0.2, 0) is 23.4 Å². The fourth-order valence-corrected chi connectivity index (χ4v) is 3.29. The van der Waals surface area contributed by atoms with Crippen LogP contribution in [0.15, 0.2) is 0 Å². The summed E-state index contributed by atoms with van der Waals surface area (Å²) in [5.41, 5.74) is 0. The number of rotatable bonds is 6. The second-order valence-corrected chi connectivity index (χ2v) is 7.23. The Morgan fingerprint density at radius 1 is 1.00 bits per heavy atom. The molecule has 0 saturated carbocycles. The van der Waals surface area contributed by atoms with E-state index in [1.165, 1.54) is 6.92 Å². The molecule has 7 N–H and O–H groups in total. The van der Waals surface area contributed by atoms with Crippen molar-refractivity contribution in [2.24, 2.45) is 0 Å². The number of carbonyl (C=O) groups excluding carboxylic acids is 1. The van der Waals surface area contributed by atoms with Crippen molar-refractivity contribution in [1.82, 2.24) is 5.32 Å². The first-order chi connectivity index (χ1) is 13.1. The minimum absolute atomic E-state index is 0.130. The molecule has 0 bridgehead atoms. The molecule has 2 saturated heterocycles. The summed E-state index contributed by atoms with van der Waals surface area (Å²) in [6.45, 7) is 0.671. The summed E-state index contributed by atoms with van der Waals surface area (Å²) in [5.74, 6) is -0.538. The Bertz CT molecular complexity index is 521. The zero-order valence-corrected chi connectivity index (χ0v) is 15.9. The third kappa shape index (κ3) is 5.16. The first-order valence-corrected chi connectivity index (χ1v) is 8.85. The zero-order valence-electron chi connectivity index (χ0n) is 15.9. The first kappa shape index (κ1) is 23.3. The van der Waals surface area contributed by atoms with Gasteiger partial charge in [-0.1, -0.05) is 0 Å². The number of amides is 1. The van der Waals surface area contributed by atoms with Gasteiger partial charge in [0.2, 0.25) is 5.91 Å². The third-order valence-electron chi connectivity index (χ3n) is 4.70. The molecular weight excluding hydrogens is 382 g/mol. The lowest BCUT2D eigenvalue weighted by atomic mass is 9.95. The van der Waals surface area contributed by atoms with E-state index in [2.05, 4.69) is 9.68 Å². The number of aliphatic hydroxyl groups excluding tert-OH is 6. The normalized spacial score (nSPS) is 44.5. The van der Waals surface area contributed by atoms with Gasteiger partial charge in [-0.05, 0) is 0 Å². The van der Waals surface area contributed by atoms with E-state index in [1.807, 2.05) is 0 Å². The second-order valence-electron chi connectivity index (χ2n) is 7.23. The zero-order chi connectivity index (χ0) is 21.2. The molecule has 0 aromatic rings. The molecule has 164 valence electrons. The number of hydrogen-bond donors (Lipinski definition) is 7. The Hall–Kier alpha value is -0.930. The molecule has 2 aliphatic heterocycles. The molecule has 0 spiro atoms. The quantitative estimate of drug-likeness (QED) is 0.210. The SMILES string of the molecule is CC(=O)N[C@@H]1[C@@H](O)[C@H](O[C@@H]2O[C@H](C[O+](C)C)[C@H](O)[C@H](O)[C@H]2O)[C@@H](CO)O[C@H]1O. The van der Waals surface area contributed by atoms with Crippen molar-refractivity contribution in [2.75, 3.05) is 27.4 Å². The van der Waals surface area contributed by atoms with E-state index in [9.17, 15) is 35.4 Å². The molecule has 0 aromatic carbocycles. The minimum Gasteiger partial charge on any atom is -0.424 e. The van der Waals surface area contributed by atoms with Crippen molar-refractivity contribution in [3.63, 3.8) is 0 Å². The molecule has 12 heteroatoms. The van der Waals surface area contributed by atoms with Crippen LogP contribution in [0.5, 0.6) is 0 Å². The summed E-state index contributed by atoms with van der Waals surface area (Å²) < 4.78 is 18.8. The monoisotopic (exact) mass is 412 g/mol. The van der Waals surface area contributed by atoms with Crippen molar-refractivity contribution in [2.45, 2.75) is 68.3 Å². The summed E-state index contributed by atoms with van der Waals surface area (Å²) in [6, 6.07) is -1.25. The average molecular weight is 412 g/mol. The summed E-state index contributed by atoms with van der Waals surface area (Å²) in [5, 5.41) is 62.7. The molecule has 0 radical (unpaired) electrons. The Morgan fingerprint density at radius 3 is 2.18 bits per heavy atom. The topological polar surface area (TPSA) is 181 Å². The van der Waals surface area contributed by atoms with Gasteiger partial charge in [0.1, 0.15) is 56.9 Å². The van der Waals surface area contributed by atoms with Gasteiger partial charge in [0, 0.05) is 6.92 Å². The van der Waals surface area contributed by atoms with Crippen LogP contribution in [0, 0.1) is 0 Å². The summed E-state index contributed by atoms with van der Waals surface area (Å²) >= 11 is 0. The molecule has 1 amide bonds. The van der Waals surface area contributed by atoms with Crippen LogP contribution in [0.1, 0.15) is 6.92 Å². The average Bonchev–Trinajstić information content (AvgIpc) is 2.61. The van der Waals surface area contributed by atoms with E-state index < -0.39 is 73.9 Å². The second kappa shape index (κ2) is 9.71. The predicted octanol–water partition coefficient (Wildman–Crippen LogP) is -4.43. The fraction of sp³-hybridized carbons (Fsp3) is 0.938. The van der Waals surface area contributed by atoms with Crippen molar-refractivity contribution in [3.8, 4) is 0 Å². The van der Waals surface area contributed by atoms with Gasteiger partial charge >= 0.3 is 0 Å². The van der Waals surface area contributed by atoms with Crippen molar-refractivity contribution in [1.29, 1.82) is 0 Å². The molecular formula is C16H30NO11+. The summed E-state index contributed by atoms with van der Waals surface area (Å²) in [7, 11) is 3.28. The lowest BCUT2D eigenvalue weighted by molar-refractivity contribution is -0.350. The molecule has 2 aliphatic rings. The Balaban J connectivity index is 2.17. The van der Waals surface area contributed by atoms with Gasteiger partial charge in [-0.15, -0.1) is 0 Å². The maximum Gasteiger partial charge on any atom is 0.217 e. The summed E-state index contributed by atoms with van der Waals surface area (Å²) in [4.78, 5) is 11.3. The number of carbonyl (C=O) groups is 1. The van der Waals surface area contributed by atoms with Gasteiger partial charge in [0.05, 0.1) is 6.61 Å². The van der Waals surface area contributed by atoms with Gasteiger partial charge in [0.25, 0.3) is 0 Å². The molecule has 2 rings (SSSR count). The standard InChI is InChI=1S/C16H29NO11/c1-6(19)17-9-11(21)14(7(4-18)25-15(9)24)27-16-13(23)12(22)10(20)8(26-16)5-28(2)3/h7-16,18,20-24H,4-5H2,1-3H3/p+1/t7-,8-,9-,10+,11-,12+,13-,14-,15-,16+/m1/s1. The predicted molar refractivity (Wildman–Crippen MR) is 90.9 cm³/mol. The molecule has 2 heterocycles. The lowest BCUT2D eigenvalue weighted by Gasteiger charge is -2.46. The molecule has 0 unspecified atom stereocenters. The van der Waals surface area contributed by atoms with Gasteiger partial charge in [-0.2, -0.15) is 0 Å². The van der Waals surface area contributed by atoms with E-state index in [-0.39, 0.29) is 6.61 Å². The van der Waals surface area contributed by atoms with Crippen LogP contribution in [0.4, 0.5) is 0 Å². The number of nitrogens with one attached hydrogen (secondary N) is 1. The van der Waals surface area contributed by atoms with Crippen LogP contribution in [-0.4, -0.2) is 125 Å². The third-order valence-corrected chi connectivity index (χ3v) is 4.70. The van der Waals surface area contributed by atoms with Crippen LogP contribution in [0.2, 0.25) is 0 Å². The van der Waals surface area contributed by atoms with Gasteiger partial charge < -0.3 is 54.5 Å². The minimum atomic E-state index is -1.66. The van der Waals surface area contributed by atoms with Crippen LogP contribution >= 0.6 is 0 Å². The molecule has 0 aliphatic carbocycles. The highest BCUT2D eigenvalue weighted by atomic mass is 16.7. The van der Waals surface area contributed by atoms with E-state index in [0.29, 0.717) is 0 Å². The molecule has 12 nitrogen and oxygen atoms in total. The number of aliphatic hydroxyl groups is 6. The van der Waals surface area contributed by atoms with Crippen LogP contribution in [0.25, 0.3) is 0 Å². The molecule has 0 aromatic heterocycles. The van der Waals surface area contributed by atoms with E-state index in [4.69, 9.17) is 14.2 Å². The first-order valence-electron chi connectivity index (χ1n) is 8.85. The van der Waals surface area contributed by atoms with Gasteiger partial charge in [-0.3, -0.25) is 4.79 Å². The maximum atomic E-state index is 11.3. The van der Waals surface area contributed by atoms with Crippen molar-refractivity contribution < 1.29 is 54.0 Å². The van der Waals surface area contributed by atoms with Gasteiger partial charge in [-0.25, -0.2) is 0 Å². The van der Waals surface area contributed by atoms with E-state index in [1.54, 1.807) is 14.2 Å². The fourth-order valence-electron chi connectivity index (χ4n) is 3.29. The van der Waals surface area contributed by atoms with Crippen LogP contribution in [0.3, 0.4) is 0 Å². The maximum absolute atomic E-state index is 11.3. The van der Waals surface area contributed by atoms with Crippen molar-refractivity contribution >= 4 is 5.91 Å². The highest BCUT2D eigenvalue weighted by Crippen LogP contribution is 2.29. The lowest BCUT2D eigenvalue weighted by Crippen LogP contribution is -2.67. The van der Waals surface area contributed by atoms with Gasteiger partial charge in [0.15, 0.2) is 25.3 Å². The highest BCUT2D eigenvalue weighted by Gasteiger charge is 2.51. The van der Waals surface area contributed by atoms with Crippen LogP contribution < -0.4 is 5.32 Å². The molecule has 28 heavy (non-hydrogen) atoms. The molecule has 2 fully saturated rings. The Labute approximate surface area is 161 Å². The van der Waals surface area contributed by atoms with E-state index >= 15 is 0 Å². The molecule has 10 atom stereocenters. The highest BCUT2D eigenvalue weighted by molar-refractivity contribution is 5.73. The Morgan fingerprint density at radius 2 is 1.64 bits per heavy atom. The summed E-state index contributed by atoms with van der Waals surface area (Å²) in [6.07, 6.45) is -12.7. The smallest absolute Gasteiger partial charge is 0.217 e. The largest absolute Gasteiger partial charge is 0.424 e. The van der Waals surface area contributed by atoms with Crippen molar-refractivity contribution in [3.05, 3.63) is 0 Å². The Kier molecular flexibility index (Phi) is 8.10. The number of hydrogen-bond acceptors (Lipinski definition) is 10.